The van der Waals surface area contributed by atoms with E-state index in [1.54, 1.807) is 0 Å². The van der Waals surface area contributed by atoms with E-state index in [1.165, 1.54) is 38.9 Å². The molecule has 0 saturated heterocycles. The molecule has 0 bridgehead atoms. The molecule has 0 spiro atoms. The van der Waals surface area contributed by atoms with Gasteiger partial charge in [-0.1, -0.05) is 93.6 Å². The van der Waals surface area contributed by atoms with Crippen molar-refractivity contribution in [2.24, 2.45) is 0 Å². The lowest BCUT2D eigenvalue weighted by Gasteiger charge is -2.19. The molecule has 0 radical (unpaired) electrons. The Labute approximate surface area is 155 Å². The second kappa shape index (κ2) is 6.49. The Hall–Kier alpha value is -2.80. The standard InChI is InChI=1S/C25H25N/c1-25(2,3)20-15-13-18(14-16-20)17-22-21-11-7-8-12-23(21)26-24(22)19-9-5-4-6-10-19/h4-16,26H,17H2,1-3H3. The number of hydrogen-bond acceptors (Lipinski definition) is 0. The number of aromatic amines is 1. The zero-order chi connectivity index (χ0) is 18.1. The van der Waals surface area contributed by atoms with Crippen LogP contribution in [0.4, 0.5) is 0 Å². The van der Waals surface area contributed by atoms with Crippen molar-refractivity contribution in [2.45, 2.75) is 32.6 Å². The molecule has 1 nitrogen and oxygen atoms in total. The van der Waals surface area contributed by atoms with E-state index in [1.807, 2.05) is 0 Å². The van der Waals surface area contributed by atoms with E-state index in [0.717, 1.165) is 6.42 Å². The molecule has 4 rings (SSSR count). The van der Waals surface area contributed by atoms with Crippen LogP contribution < -0.4 is 0 Å². The van der Waals surface area contributed by atoms with Crippen LogP contribution >= 0.6 is 0 Å². The number of benzene rings is 3. The lowest BCUT2D eigenvalue weighted by Crippen LogP contribution is -2.10. The molecule has 0 atom stereocenters. The van der Waals surface area contributed by atoms with Crippen molar-refractivity contribution in [3.05, 3.63) is 95.6 Å². The first-order chi connectivity index (χ1) is 12.5. The maximum Gasteiger partial charge on any atom is 0.0500 e. The van der Waals surface area contributed by atoms with E-state index in [4.69, 9.17) is 0 Å². The van der Waals surface area contributed by atoms with Crippen molar-refractivity contribution in [1.29, 1.82) is 0 Å². The Morgan fingerprint density at radius 3 is 2.08 bits per heavy atom. The van der Waals surface area contributed by atoms with Crippen LogP contribution in [-0.2, 0) is 11.8 Å². The second-order valence-corrected chi connectivity index (χ2v) is 8.01. The van der Waals surface area contributed by atoms with Crippen LogP contribution in [-0.4, -0.2) is 4.98 Å². The predicted octanol–water partition coefficient (Wildman–Crippen LogP) is 6.72. The van der Waals surface area contributed by atoms with Crippen molar-refractivity contribution in [1.82, 2.24) is 4.98 Å². The zero-order valence-corrected chi connectivity index (χ0v) is 15.7. The zero-order valence-electron chi connectivity index (χ0n) is 15.7. The van der Waals surface area contributed by atoms with Gasteiger partial charge in [-0.25, -0.2) is 0 Å². The largest absolute Gasteiger partial charge is 0.354 e. The Bertz CT molecular complexity index is 1020. The maximum atomic E-state index is 3.64. The van der Waals surface area contributed by atoms with Crippen LogP contribution in [0.3, 0.4) is 0 Å². The third kappa shape index (κ3) is 3.17. The van der Waals surface area contributed by atoms with Crippen molar-refractivity contribution in [3.8, 4) is 11.3 Å². The molecule has 0 aliphatic carbocycles. The smallest absolute Gasteiger partial charge is 0.0500 e. The number of para-hydroxylation sites is 1. The first-order valence-electron chi connectivity index (χ1n) is 9.27. The Balaban J connectivity index is 1.78. The minimum atomic E-state index is 0.189. The highest BCUT2D eigenvalue weighted by Gasteiger charge is 2.15. The summed E-state index contributed by atoms with van der Waals surface area (Å²) in [7, 11) is 0. The molecule has 130 valence electrons. The van der Waals surface area contributed by atoms with Gasteiger partial charge in [0.1, 0.15) is 0 Å². The molecule has 0 aliphatic rings. The fourth-order valence-electron chi connectivity index (χ4n) is 3.56. The molecular weight excluding hydrogens is 314 g/mol. The highest BCUT2D eigenvalue weighted by molar-refractivity contribution is 5.91. The summed E-state index contributed by atoms with van der Waals surface area (Å²) >= 11 is 0. The SMILES string of the molecule is CC(C)(C)c1ccc(Cc2c(-c3ccccc3)[nH]c3ccccc23)cc1. The third-order valence-corrected chi connectivity index (χ3v) is 5.08. The van der Waals surface area contributed by atoms with Crippen molar-refractivity contribution in [2.75, 3.05) is 0 Å². The van der Waals surface area contributed by atoms with Crippen LogP contribution in [0.2, 0.25) is 0 Å². The molecular formula is C25H25N. The van der Waals surface area contributed by atoms with Gasteiger partial charge in [0.2, 0.25) is 0 Å². The quantitative estimate of drug-likeness (QED) is 0.426. The van der Waals surface area contributed by atoms with Crippen LogP contribution in [0, 0.1) is 0 Å². The molecule has 0 saturated carbocycles. The average Bonchev–Trinajstić information content (AvgIpc) is 3.01. The van der Waals surface area contributed by atoms with Crippen molar-refractivity contribution >= 4 is 10.9 Å². The summed E-state index contributed by atoms with van der Waals surface area (Å²) in [5, 5.41) is 1.31. The van der Waals surface area contributed by atoms with Gasteiger partial charge < -0.3 is 4.98 Å². The van der Waals surface area contributed by atoms with Crippen LogP contribution in [0.15, 0.2) is 78.9 Å². The summed E-state index contributed by atoms with van der Waals surface area (Å²) in [5.41, 5.74) is 7.96. The fourth-order valence-corrected chi connectivity index (χ4v) is 3.56. The molecule has 0 aliphatic heterocycles. The fraction of sp³-hybridized carbons (Fsp3) is 0.200. The van der Waals surface area contributed by atoms with Gasteiger partial charge in [-0.3, -0.25) is 0 Å². The van der Waals surface area contributed by atoms with E-state index >= 15 is 0 Å². The predicted molar refractivity (Wildman–Crippen MR) is 112 cm³/mol. The van der Waals surface area contributed by atoms with E-state index in [2.05, 4.69) is 105 Å². The van der Waals surface area contributed by atoms with Gasteiger partial charge in [-0.05, 0) is 33.7 Å². The molecule has 1 heteroatoms. The van der Waals surface area contributed by atoms with Crippen LogP contribution in [0.25, 0.3) is 22.2 Å². The van der Waals surface area contributed by atoms with Gasteiger partial charge in [0.25, 0.3) is 0 Å². The molecule has 0 amide bonds. The highest BCUT2D eigenvalue weighted by atomic mass is 14.7. The third-order valence-electron chi connectivity index (χ3n) is 5.08. The van der Waals surface area contributed by atoms with Gasteiger partial charge in [0.05, 0.1) is 5.69 Å². The normalized spacial score (nSPS) is 11.8. The van der Waals surface area contributed by atoms with Gasteiger partial charge in [-0.15, -0.1) is 0 Å². The summed E-state index contributed by atoms with van der Waals surface area (Å²) in [6.07, 6.45) is 0.929. The topological polar surface area (TPSA) is 15.8 Å². The van der Waals surface area contributed by atoms with Gasteiger partial charge in [-0.2, -0.15) is 0 Å². The van der Waals surface area contributed by atoms with E-state index in [9.17, 15) is 0 Å². The number of aromatic nitrogens is 1. The highest BCUT2D eigenvalue weighted by Crippen LogP contribution is 2.32. The number of rotatable bonds is 3. The molecule has 1 N–H and O–H groups in total. The van der Waals surface area contributed by atoms with E-state index < -0.39 is 0 Å². The monoisotopic (exact) mass is 339 g/mol. The summed E-state index contributed by atoms with van der Waals surface area (Å²) in [6, 6.07) is 28.3. The number of nitrogens with one attached hydrogen (secondary N) is 1. The summed E-state index contributed by atoms with van der Waals surface area (Å²) in [4.78, 5) is 3.64. The second-order valence-electron chi connectivity index (χ2n) is 8.01. The number of hydrogen-bond donors (Lipinski definition) is 1. The van der Waals surface area contributed by atoms with Gasteiger partial charge >= 0.3 is 0 Å². The summed E-state index contributed by atoms with van der Waals surface area (Å²) < 4.78 is 0. The maximum absolute atomic E-state index is 3.64. The van der Waals surface area contributed by atoms with Crippen LogP contribution in [0.5, 0.6) is 0 Å². The lowest BCUT2D eigenvalue weighted by atomic mass is 9.86. The van der Waals surface area contributed by atoms with Gasteiger partial charge in [0, 0.05) is 17.3 Å². The van der Waals surface area contributed by atoms with Crippen LogP contribution in [0.1, 0.15) is 37.5 Å². The summed E-state index contributed by atoms with van der Waals surface area (Å²) in [6.45, 7) is 6.78. The van der Waals surface area contributed by atoms with Crippen molar-refractivity contribution < 1.29 is 0 Å². The minimum absolute atomic E-state index is 0.189. The number of fused-ring (bicyclic) bond motifs is 1. The molecule has 3 aromatic carbocycles. The Morgan fingerprint density at radius 2 is 1.38 bits per heavy atom. The molecule has 4 aromatic rings. The molecule has 1 aromatic heterocycles. The molecule has 26 heavy (non-hydrogen) atoms. The molecule has 0 unspecified atom stereocenters. The Morgan fingerprint density at radius 1 is 0.731 bits per heavy atom. The first kappa shape index (κ1) is 16.7. The van der Waals surface area contributed by atoms with E-state index in [-0.39, 0.29) is 5.41 Å². The van der Waals surface area contributed by atoms with Gasteiger partial charge in [0.15, 0.2) is 0 Å². The minimum Gasteiger partial charge on any atom is -0.354 e. The number of H-pyrrole nitrogens is 1. The Kier molecular flexibility index (Phi) is 4.16. The first-order valence-corrected chi connectivity index (χ1v) is 9.27. The average molecular weight is 339 g/mol. The van der Waals surface area contributed by atoms with Crippen molar-refractivity contribution in [3.63, 3.8) is 0 Å². The molecule has 1 heterocycles. The lowest BCUT2D eigenvalue weighted by molar-refractivity contribution is 0.590. The summed E-state index contributed by atoms with van der Waals surface area (Å²) in [5.74, 6) is 0. The van der Waals surface area contributed by atoms with E-state index in [0.29, 0.717) is 0 Å². The molecule has 0 fully saturated rings.